The molecule has 1 heterocycles. The zero-order valence-electron chi connectivity index (χ0n) is 9.50. The first-order chi connectivity index (χ1) is 8.34. The van der Waals surface area contributed by atoms with Crippen LogP contribution in [0.15, 0.2) is 47.1 Å². The van der Waals surface area contributed by atoms with E-state index in [9.17, 15) is 0 Å². The summed E-state index contributed by atoms with van der Waals surface area (Å²) in [5.41, 5.74) is 8.99. The van der Waals surface area contributed by atoms with Gasteiger partial charge in [-0.2, -0.15) is 0 Å². The third-order valence-corrected chi connectivity index (χ3v) is 4.59. The van der Waals surface area contributed by atoms with Crippen molar-refractivity contribution in [3.8, 4) is 0 Å². The monoisotopic (exact) mass is 245 g/mol. The molecule has 0 fully saturated rings. The number of nitrogens with two attached hydrogens (primary N) is 1. The number of rotatable bonds is 3. The molecule has 3 rings (SSSR count). The third kappa shape index (κ3) is 2.13. The maximum absolute atomic E-state index is 6.28. The molecule has 2 unspecified atom stereocenters. The van der Waals surface area contributed by atoms with Gasteiger partial charge < -0.3 is 10.2 Å². The molecule has 1 aromatic carbocycles. The summed E-state index contributed by atoms with van der Waals surface area (Å²) in [5.74, 6) is 1.93. The van der Waals surface area contributed by atoms with Crippen molar-refractivity contribution in [1.82, 2.24) is 0 Å². The Kier molecular flexibility index (Phi) is 2.95. The molecular formula is C14H15NOS. The minimum absolute atomic E-state index is 0.158. The fourth-order valence-corrected chi connectivity index (χ4v) is 3.53. The van der Waals surface area contributed by atoms with Gasteiger partial charge in [-0.05, 0) is 29.7 Å². The quantitative estimate of drug-likeness (QED) is 0.903. The van der Waals surface area contributed by atoms with Crippen molar-refractivity contribution in [2.24, 2.45) is 5.73 Å². The maximum Gasteiger partial charge on any atom is 0.113 e. The largest absolute Gasteiger partial charge is 0.468 e. The van der Waals surface area contributed by atoms with Gasteiger partial charge in [0.05, 0.1) is 12.0 Å². The van der Waals surface area contributed by atoms with Gasteiger partial charge in [0, 0.05) is 11.3 Å². The first kappa shape index (κ1) is 10.9. The van der Waals surface area contributed by atoms with E-state index in [0.717, 1.165) is 17.9 Å². The van der Waals surface area contributed by atoms with Crippen LogP contribution in [0.4, 0.5) is 0 Å². The van der Waals surface area contributed by atoms with Crippen LogP contribution in [0, 0.1) is 0 Å². The molecule has 1 aliphatic carbocycles. The Balaban J connectivity index is 1.68. The fraction of sp³-hybridized carbons (Fsp3) is 0.286. The first-order valence-electron chi connectivity index (χ1n) is 5.82. The number of hydrogen-bond donors (Lipinski definition) is 1. The predicted octanol–water partition coefficient (Wildman–Crippen LogP) is 3.14. The van der Waals surface area contributed by atoms with E-state index >= 15 is 0 Å². The summed E-state index contributed by atoms with van der Waals surface area (Å²) in [4.78, 5) is 0. The zero-order valence-corrected chi connectivity index (χ0v) is 10.3. The van der Waals surface area contributed by atoms with Crippen LogP contribution in [0.2, 0.25) is 0 Å². The highest BCUT2D eigenvalue weighted by Crippen LogP contribution is 2.37. The average molecular weight is 245 g/mol. The van der Waals surface area contributed by atoms with Crippen molar-refractivity contribution in [2.45, 2.75) is 23.5 Å². The lowest BCUT2D eigenvalue weighted by Crippen LogP contribution is -2.19. The summed E-state index contributed by atoms with van der Waals surface area (Å²) in [6, 6.07) is 12.6. The fourth-order valence-electron chi connectivity index (χ4n) is 2.34. The van der Waals surface area contributed by atoms with Crippen molar-refractivity contribution >= 4 is 11.8 Å². The van der Waals surface area contributed by atoms with Crippen LogP contribution in [0.1, 0.15) is 22.9 Å². The van der Waals surface area contributed by atoms with Crippen LogP contribution in [0.25, 0.3) is 0 Å². The first-order valence-corrected chi connectivity index (χ1v) is 6.87. The minimum Gasteiger partial charge on any atom is -0.468 e. The Morgan fingerprint density at radius 2 is 2.12 bits per heavy atom. The molecule has 0 saturated heterocycles. The van der Waals surface area contributed by atoms with Crippen LogP contribution in [0.5, 0.6) is 0 Å². The molecular weight excluding hydrogens is 230 g/mol. The smallest absolute Gasteiger partial charge is 0.113 e. The highest BCUT2D eigenvalue weighted by Gasteiger charge is 2.29. The summed E-state index contributed by atoms with van der Waals surface area (Å²) in [6.45, 7) is 0. The second-order valence-electron chi connectivity index (χ2n) is 4.36. The van der Waals surface area contributed by atoms with E-state index in [1.807, 2.05) is 23.9 Å². The van der Waals surface area contributed by atoms with Gasteiger partial charge in [0.2, 0.25) is 0 Å². The normalized spacial score (nSPS) is 22.6. The number of benzene rings is 1. The third-order valence-electron chi connectivity index (χ3n) is 3.26. The summed E-state index contributed by atoms with van der Waals surface area (Å²) in [6.07, 6.45) is 2.79. The SMILES string of the molecule is NC1c2ccccc2CC1SCc1ccco1. The van der Waals surface area contributed by atoms with E-state index in [4.69, 9.17) is 10.2 Å². The summed E-state index contributed by atoms with van der Waals surface area (Å²) < 4.78 is 5.34. The average Bonchev–Trinajstić information content (AvgIpc) is 2.96. The number of furan rings is 1. The lowest BCUT2D eigenvalue weighted by Gasteiger charge is -2.14. The van der Waals surface area contributed by atoms with Gasteiger partial charge >= 0.3 is 0 Å². The maximum atomic E-state index is 6.28. The van der Waals surface area contributed by atoms with Crippen molar-refractivity contribution in [3.63, 3.8) is 0 Å². The Morgan fingerprint density at radius 1 is 1.24 bits per heavy atom. The van der Waals surface area contributed by atoms with Crippen LogP contribution in [-0.4, -0.2) is 5.25 Å². The van der Waals surface area contributed by atoms with Crippen molar-refractivity contribution in [2.75, 3.05) is 0 Å². The molecule has 2 N–H and O–H groups in total. The van der Waals surface area contributed by atoms with Gasteiger partial charge in [-0.3, -0.25) is 0 Å². The van der Waals surface area contributed by atoms with Gasteiger partial charge in [-0.25, -0.2) is 0 Å². The van der Waals surface area contributed by atoms with Crippen molar-refractivity contribution in [1.29, 1.82) is 0 Å². The molecule has 2 aromatic rings. The van der Waals surface area contributed by atoms with Crippen molar-refractivity contribution in [3.05, 3.63) is 59.5 Å². The summed E-state index contributed by atoms with van der Waals surface area (Å²) in [5, 5.41) is 0.470. The highest BCUT2D eigenvalue weighted by molar-refractivity contribution is 7.99. The molecule has 1 aliphatic rings. The number of thioether (sulfide) groups is 1. The number of hydrogen-bond acceptors (Lipinski definition) is 3. The molecule has 0 spiro atoms. The second-order valence-corrected chi connectivity index (χ2v) is 5.59. The lowest BCUT2D eigenvalue weighted by atomic mass is 10.1. The molecule has 2 nitrogen and oxygen atoms in total. The Morgan fingerprint density at radius 3 is 2.88 bits per heavy atom. The molecule has 3 heteroatoms. The molecule has 0 saturated carbocycles. The standard InChI is InChI=1S/C14H15NOS/c15-14-12-6-2-1-4-10(12)8-13(14)17-9-11-5-3-7-16-11/h1-7,13-14H,8-9,15H2. The lowest BCUT2D eigenvalue weighted by molar-refractivity contribution is 0.530. The zero-order chi connectivity index (χ0) is 11.7. The van der Waals surface area contributed by atoms with Gasteiger partial charge in [-0.15, -0.1) is 11.8 Å². The summed E-state index contributed by atoms with van der Waals surface area (Å²) in [7, 11) is 0. The topological polar surface area (TPSA) is 39.2 Å². The van der Waals surface area contributed by atoms with Crippen LogP contribution >= 0.6 is 11.8 Å². The molecule has 2 atom stereocenters. The molecule has 88 valence electrons. The Bertz CT molecular complexity index is 495. The second kappa shape index (κ2) is 4.59. The van der Waals surface area contributed by atoms with Crippen LogP contribution in [-0.2, 0) is 12.2 Å². The molecule has 17 heavy (non-hydrogen) atoms. The molecule has 0 radical (unpaired) electrons. The van der Waals surface area contributed by atoms with Gasteiger partial charge in [0.25, 0.3) is 0 Å². The van der Waals surface area contributed by atoms with Gasteiger partial charge in [0.1, 0.15) is 5.76 Å². The van der Waals surface area contributed by atoms with Crippen LogP contribution in [0.3, 0.4) is 0 Å². The minimum atomic E-state index is 0.158. The molecule has 0 bridgehead atoms. The van der Waals surface area contributed by atoms with E-state index in [2.05, 4.69) is 24.3 Å². The van der Waals surface area contributed by atoms with E-state index in [1.165, 1.54) is 11.1 Å². The highest BCUT2D eigenvalue weighted by atomic mass is 32.2. The van der Waals surface area contributed by atoms with Crippen molar-refractivity contribution < 1.29 is 4.42 Å². The Labute approximate surface area is 105 Å². The molecule has 0 aliphatic heterocycles. The van der Waals surface area contributed by atoms with E-state index in [1.54, 1.807) is 6.26 Å². The molecule has 1 aromatic heterocycles. The van der Waals surface area contributed by atoms with E-state index < -0.39 is 0 Å². The van der Waals surface area contributed by atoms with E-state index in [-0.39, 0.29) is 6.04 Å². The van der Waals surface area contributed by atoms with E-state index in [0.29, 0.717) is 5.25 Å². The van der Waals surface area contributed by atoms with Crippen LogP contribution < -0.4 is 5.73 Å². The summed E-state index contributed by atoms with van der Waals surface area (Å²) >= 11 is 1.89. The van der Waals surface area contributed by atoms with Gasteiger partial charge in [0.15, 0.2) is 0 Å². The molecule has 0 amide bonds. The van der Waals surface area contributed by atoms with Gasteiger partial charge in [-0.1, -0.05) is 24.3 Å². The number of fused-ring (bicyclic) bond motifs is 1. The predicted molar refractivity (Wildman–Crippen MR) is 70.9 cm³/mol. The Hall–Kier alpha value is -1.19.